The second-order valence-electron chi connectivity index (χ2n) is 4.19. The van der Waals surface area contributed by atoms with Crippen molar-refractivity contribution in [2.24, 2.45) is 5.73 Å². The molecule has 0 atom stereocenters. The molecule has 0 fully saturated rings. The number of likely N-dealkylation sites (N-methyl/N-ethyl adjacent to an activating group) is 1. The largest absolute Gasteiger partial charge is 0.345 e. The smallest absolute Gasteiger partial charge is 0.223 e. The van der Waals surface area contributed by atoms with E-state index in [0.717, 1.165) is 12.0 Å². The van der Waals surface area contributed by atoms with Crippen molar-refractivity contribution in [3.8, 4) is 0 Å². The van der Waals surface area contributed by atoms with Crippen molar-refractivity contribution >= 4 is 5.91 Å². The first-order valence-electron chi connectivity index (χ1n) is 5.73. The van der Waals surface area contributed by atoms with Gasteiger partial charge in [-0.15, -0.1) is 0 Å². The Morgan fingerprint density at radius 3 is 2.76 bits per heavy atom. The van der Waals surface area contributed by atoms with Crippen molar-refractivity contribution in [2.45, 2.75) is 19.8 Å². The molecule has 0 aliphatic heterocycles. The normalized spacial score (nSPS) is 10.4. The zero-order valence-electron chi connectivity index (χ0n) is 10.4. The minimum Gasteiger partial charge on any atom is -0.345 e. The van der Waals surface area contributed by atoms with Crippen molar-refractivity contribution in [1.29, 1.82) is 0 Å². The van der Waals surface area contributed by atoms with Gasteiger partial charge in [0.15, 0.2) is 0 Å². The van der Waals surface area contributed by atoms with Crippen molar-refractivity contribution in [1.82, 2.24) is 4.90 Å². The van der Waals surface area contributed by atoms with Gasteiger partial charge in [-0.05, 0) is 30.5 Å². The van der Waals surface area contributed by atoms with Crippen molar-refractivity contribution in [3.05, 3.63) is 35.1 Å². The second kappa shape index (κ2) is 6.35. The third-order valence-corrected chi connectivity index (χ3v) is 2.74. The van der Waals surface area contributed by atoms with Gasteiger partial charge in [0.05, 0.1) is 0 Å². The molecule has 0 aliphatic rings. The van der Waals surface area contributed by atoms with E-state index in [1.54, 1.807) is 24.9 Å². The van der Waals surface area contributed by atoms with Crippen LogP contribution in [0.4, 0.5) is 4.39 Å². The van der Waals surface area contributed by atoms with Crippen molar-refractivity contribution in [2.75, 3.05) is 20.1 Å². The molecule has 1 aromatic rings. The van der Waals surface area contributed by atoms with E-state index in [0.29, 0.717) is 25.1 Å². The van der Waals surface area contributed by atoms with Crippen LogP contribution in [-0.4, -0.2) is 30.9 Å². The predicted octanol–water partition coefficient (Wildman–Crippen LogP) is 1.48. The number of carbonyl (C=O) groups is 1. The molecule has 0 spiro atoms. The molecule has 2 N–H and O–H groups in total. The van der Waals surface area contributed by atoms with Gasteiger partial charge >= 0.3 is 0 Å². The average molecular weight is 238 g/mol. The number of rotatable bonds is 5. The molecule has 0 heterocycles. The van der Waals surface area contributed by atoms with E-state index in [2.05, 4.69) is 0 Å². The fourth-order valence-electron chi connectivity index (χ4n) is 1.60. The number of nitrogens with zero attached hydrogens (tertiary/aromatic N) is 1. The highest BCUT2D eigenvalue weighted by Gasteiger charge is 2.07. The number of hydrogen-bond acceptors (Lipinski definition) is 2. The van der Waals surface area contributed by atoms with Gasteiger partial charge in [-0.1, -0.05) is 12.1 Å². The highest BCUT2D eigenvalue weighted by atomic mass is 19.1. The van der Waals surface area contributed by atoms with Crippen LogP contribution in [0.3, 0.4) is 0 Å². The maximum Gasteiger partial charge on any atom is 0.223 e. The van der Waals surface area contributed by atoms with Gasteiger partial charge in [-0.2, -0.15) is 0 Å². The van der Waals surface area contributed by atoms with E-state index in [-0.39, 0.29) is 11.7 Å². The van der Waals surface area contributed by atoms with Gasteiger partial charge in [-0.3, -0.25) is 4.79 Å². The van der Waals surface area contributed by atoms with Crippen LogP contribution in [0.25, 0.3) is 0 Å². The molecule has 1 rings (SSSR count). The predicted molar refractivity (Wildman–Crippen MR) is 66.1 cm³/mol. The van der Waals surface area contributed by atoms with Gasteiger partial charge in [0, 0.05) is 26.6 Å². The Morgan fingerprint density at radius 1 is 1.47 bits per heavy atom. The van der Waals surface area contributed by atoms with Crippen molar-refractivity contribution in [3.63, 3.8) is 0 Å². The lowest BCUT2D eigenvalue weighted by molar-refractivity contribution is -0.129. The first-order valence-corrected chi connectivity index (χ1v) is 5.73. The van der Waals surface area contributed by atoms with Crippen LogP contribution in [0, 0.1) is 12.7 Å². The Hall–Kier alpha value is -1.42. The topological polar surface area (TPSA) is 46.3 Å². The number of hydrogen-bond donors (Lipinski definition) is 1. The molecular weight excluding hydrogens is 219 g/mol. The Kier molecular flexibility index (Phi) is 5.10. The number of nitrogens with two attached hydrogens (primary N) is 1. The Bertz CT molecular complexity index is 393. The molecular formula is C13H19FN2O. The standard InChI is InChI=1S/C13H19FN2O/c1-10-9-11(3-4-12(10)14)6-8-16(2)13(17)5-7-15/h3-4,9H,5-8,15H2,1-2H3. The second-order valence-corrected chi connectivity index (χ2v) is 4.19. The van der Waals surface area contributed by atoms with E-state index >= 15 is 0 Å². The highest BCUT2D eigenvalue weighted by Crippen LogP contribution is 2.10. The Balaban J connectivity index is 2.50. The summed E-state index contributed by atoms with van der Waals surface area (Å²) in [6, 6.07) is 5.03. The summed E-state index contributed by atoms with van der Waals surface area (Å²) in [5, 5.41) is 0. The molecule has 0 unspecified atom stereocenters. The van der Waals surface area contributed by atoms with Gasteiger partial charge in [0.25, 0.3) is 0 Å². The molecule has 0 aromatic heterocycles. The number of benzene rings is 1. The lowest BCUT2D eigenvalue weighted by atomic mass is 10.1. The lowest BCUT2D eigenvalue weighted by Crippen LogP contribution is -2.30. The molecule has 0 bridgehead atoms. The van der Waals surface area contributed by atoms with E-state index in [4.69, 9.17) is 5.73 Å². The Labute approximate surface area is 101 Å². The third kappa shape index (κ3) is 4.15. The summed E-state index contributed by atoms with van der Waals surface area (Å²) in [5.41, 5.74) is 7.00. The third-order valence-electron chi connectivity index (χ3n) is 2.74. The molecule has 17 heavy (non-hydrogen) atoms. The monoisotopic (exact) mass is 238 g/mol. The summed E-state index contributed by atoms with van der Waals surface area (Å²) in [5.74, 6) is -0.146. The lowest BCUT2D eigenvalue weighted by Gasteiger charge is -2.16. The van der Waals surface area contributed by atoms with E-state index in [1.807, 2.05) is 6.07 Å². The number of carbonyl (C=O) groups excluding carboxylic acids is 1. The van der Waals surface area contributed by atoms with Crippen LogP contribution in [0.2, 0.25) is 0 Å². The average Bonchev–Trinajstić information content (AvgIpc) is 2.30. The van der Waals surface area contributed by atoms with E-state index < -0.39 is 0 Å². The molecule has 0 saturated carbocycles. The van der Waals surface area contributed by atoms with E-state index in [9.17, 15) is 9.18 Å². The van der Waals surface area contributed by atoms with Crippen LogP contribution in [-0.2, 0) is 11.2 Å². The highest BCUT2D eigenvalue weighted by molar-refractivity contribution is 5.76. The van der Waals surface area contributed by atoms with Crippen LogP contribution < -0.4 is 5.73 Å². The van der Waals surface area contributed by atoms with Gasteiger partial charge in [0.2, 0.25) is 5.91 Å². The zero-order chi connectivity index (χ0) is 12.8. The summed E-state index contributed by atoms with van der Waals surface area (Å²) in [6.45, 7) is 2.74. The quantitative estimate of drug-likeness (QED) is 0.844. The van der Waals surface area contributed by atoms with Gasteiger partial charge in [-0.25, -0.2) is 4.39 Å². The summed E-state index contributed by atoms with van der Waals surface area (Å²) < 4.78 is 13.0. The molecule has 0 radical (unpaired) electrons. The fourth-order valence-corrected chi connectivity index (χ4v) is 1.60. The number of halogens is 1. The van der Waals surface area contributed by atoms with Crippen LogP contribution in [0.5, 0.6) is 0 Å². The first-order chi connectivity index (χ1) is 8.04. The molecule has 4 heteroatoms. The summed E-state index contributed by atoms with van der Waals surface area (Å²) >= 11 is 0. The zero-order valence-corrected chi connectivity index (χ0v) is 10.4. The molecule has 94 valence electrons. The summed E-state index contributed by atoms with van der Waals surface area (Å²) in [6.07, 6.45) is 1.10. The van der Waals surface area contributed by atoms with Gasteiger partial charge in [0.1, 0.15) is 5.82 Å². The fraction of sp³-hybridized carbons (Fsp3) is 0.462. The van der Waals surface area contributed by atoms with E-state index in [1.165, 1.54) is 6.07 Å². The molecule has 0 saturated heterocycles. The first kappa shape index (κ1) is 13.6. The number of amides is 1. The SMILES string of the molecule is Cc1cc(CCN(C)C(=O)CCN)ccc1F. The molecule has 3 nitrogen and oxygen atoms in total. The van der Waals surface area contributed by atoms with Crippen molar-refractivity contribution < 1.29 is 9.18 Å². The Morgan fingerprint density at radius 2 is 2.18 bits per heavy atom. The molecule has 1 amide bonds. The van der Waals surface area contributed by atoms with Crippen LogP contribution in [0.1, 0.15) is 17.5 Å². The maximum atomic E-state index is 13.0. The molecule has 0 aliphatic carbocycles. The van der Waals surface area contributed by atoms with Crippen LogP contribution in [0.15, 0.2) is 18.2 Å². The molecule has 1 aromatic carbocycles. The maximum absolute atomic E-state index is 13.0. The van der Waals surface area contributed by atoms with Crippen LogP contribution >= 0.6 is 0 Å². The van der Waals surface area contributed by atoms with Gasteiger partial charge < -0.3 is 10.6 Å². The minimum atomic E-state index is -0.193. The summed E-state index contributed by atoms with van der Waals surface area (Å²) in [4.78, 5) is 13.1. The number of aryl methyl sites for hydroxylation is 1. The minimum absolute atomic E-state index is 0.0475. The summed E-state index contributed by atoms with van der Waals surface area (Å²) in [7, 11) is 1.76.